The molecule has 1 atom stereocenters. The second-order valence-electron chi connectivity index (χ2n) is 9.77. The highest BCUT2D eigenvalue weighted by Crippen LogP contribution is 2.27. The number of carbonyl (C=O) groups is 1. The summed E-state index contributed by atoms with van der Waals surface area (Å²) in [5.74, 6) is 2.60. The fourth-order valence-electron chi connectivity index (χ4n) is 5.25. The fraction of sp³-hybridized carbons (Fsp3) is 0.267. The molecule has 1 aliphatic heterocycles. The van der Waals surface area contributed by atoms with Crippen molar-refractivity contribution in [2.45, 2.75) is 25.8 Å². The van der Waals surface area contributed by atoms with Crippen LogP contribution in [0.4, 0.5) is 5.95 Å². The molecule has 1 aliphatic rings. The lowest BCUT2D eigenvalue weighted by Gasteiger charge is -2.40. The lowest BCUT2D eigenvalue weighted by molar-refractivity contribution is -0.132. The van der Waals surface area contributed by atoms with Crippen molar-refractivity contribution < 1.29 is 9.53 Å². The molecular weight excluding hydrogens is 476 g/mol. The van der Waals surface area contributed by atoms with Gasteiger partial charge in [-0.2, -0.15) is 0 Å². The van der Waals surface area contributed by atoms with Gasteiger partial charge in [0.25, 0.3) is 0 Å². The monoisotopic (exact) mass is 506 g/mol. The average molecular weight is 507 g/mol. The number of fused-ring (bicyclic) bond motifs is 3. The number of nitrogens with zero attached hydrogens (tertiary/aromatic N) is 6. The summed E-state index contributed by atoms with van der Waals surface area (Å²) in [4.78, 5) is 22.5. The highest BCUT2D eigenvalue weighted by Gasteiger charge is 2.30. The van der Waals surface area contributed by atoms with Crippen molar-refractivity contribution in [1.82, 2.24) is 24.5 Å². The van der Waals surface area contributed by atoms with Crippen LogP contribution in [0.5, 0.6) is 5.75 Å². The Morgan fingerprint density at radius 3 is 2.45 bits per heavy atom. The molecule has 0 N–H and O–H groups in total. The van der Waals surface area contributed by atoms with Crippen LogP contribution in [0.1, 0.15) is 23.9 Å². The number of ether oxygens (including phenoxy) is 1. The van der Waals surface area contributed by atoms with Gasteiger partial charge >= 0.3 is 0 Å². The van der Waals surface area contributed by atoms with Crippen molar-refractivity contribution in [3.63, 3.8) is 0 Å². The summed E-state index contributed by atoms with van der Waals surface area (Å²) in [6.45, 7) is 4.09. The summed E-state index contributed by atoms with van der Waals surface area (Å²) in [6, 6.07) is 26.1. The van der Waals surface area contributed by atoms with E-state index in [4.69, 9.17) is 9.72 Å². The number of hydrogen-bond acceptors (Lipinski definition) is 6. The van der Waals surface area contributed by atoms with Crippen LogP contribution in [0, 0.1) is 0 Å². The van der Waals surface area contributed by atoms with Gasteiger partial charge in [0.15, 0.2) is 5.65 Å². The predicted octanol–water partition coefficient (Wildman–Crippen LogP) is 4.16. The Labute approximate surface area is 221 Å². The molecule has 1 amide bonds. The molecule has 8 nitrogen and oxygen atoms in total. The molecule has 0 bridgehead atoms. The Balaban J connectivity index is 1.29. The summed E-state index contributed by atoms with van der Waals surface area (Å²) < 4.78 is 7.33. The summed E-state index contributed by atoms with van der Waals surface area (Å²) in [7, 11) is 1.64. The number of anilines is 1. The van der Waals surface area contributed by atoms with Gasteiger partial charge in [0.1, 0.15) is 11.6 Å². The van der Waals surface area contributed by atoms with Gasteiger partial charge in [-0.15, -0.1) is 10.2 Å². The molecule has 0 spiro atoms. The van der Waals surface area contributed by atoms with Crippen LogP contribution in [0.25, 0.3) is 16.6 Å². The number of rotatable bonds is 6. The summed E-state index contributed by atoms with van der Waals surface area (Å²) in [5.41, 5.74) is 3.85. The van der Waals surface area contributed by atoms with Gasteiger partial charge in [-0.25, -0.2) is 9.38 Å². The van der Waals surface area contributed by atoms with Crippen LogP contribution in [-0.2, 0) is 17.6 Å². The molecule has 5 aromatic rings. The Hall–Kier alpha value is -4.46. The second-order valence-corrected chi connectivity index (χ2v) is 9.77. The Kier molecular flexibility index (Phi) is 6.37. The molecule has 1 fully saturated rings. The van der Waals surface area contributed by atoms with E-state index in [0.717, 1.165) is 39.6 Å². The molecule has 1 saturated heterocycles. The molecule has 2 aromatic heterocycles. The van der Waals surface area contributed by atoms with Gasteiger partial charge in [0.2, 0.25) is 11.9 Å². The van der Waals surface area contributed by atoms with E-state index in [0.29, 0.717) is 32.5 Å². The highest BCUT2D eigenvalue weighted by molar-refractivity contribution is 5.92. The van der Waals surface area contributed by atoms with E-state index in [1.807, 2.05) is 71.6 Å². The molecule has 0 unspecified atom stereocenters. The molecule has 38 heavy (non-hydrogen) atoms. The van der Waals surface area contributed by atoms with E-state index in [-0.39, 0.29) is 11.9 Å². The first kappa shape index (κ1) is 23.9. The zero-order valence-electron chi connectivity index (χ0n) is 21.6. The molecule has 192 valence electrons. The van der Waals surface area contributed by atoms with Gasteiger partial charge in [0.05, 0.1) is 19.0 Å². The molecule has 0 saturated carbocycles. The van der Waals surface area contributed by atoms with Crippen LogP contribution < -0.4 is 9.64 Å². The van der Waals surface area contributed by atoms with Crippen LogP contribution in [-0.4, -0.2) is 63.2 Å². The van der Waals surface area contributed by atoms with Gasteiger partial charge in [-0.1, -0.05) is 54.6 Å². The second kappa shape index (κ2) is 10.1. The first-order chi connectivity index (χ1) is 18.6. The maximum atomic E-state index is 13.2. The standard InChI is InChI=1S/C30H30N6O2/c1-21-20-34(16-17-35(21)28(37)19-23-12-14-24(38-2)15-13-23)30-31-26-11-7-6-10-25(26)29-33-32-27(36(29)30)18-22-8-4-3-5-9-22/h3-15,21H,16-20H2,1-2H3/t21-/m0/s1. The van der Waals surface area contributed by atoms with Crippen molar-refractivity contribution in [1.29, 1.82) is 0 Å². The van der Waals surface area contributed by atoms with E-state index in [1.54, 1.807) is 7.11 Å². The molecular formula is C30H30N6O2. The summed E-state index contributed by atoms with van der Waals surface area (Å²) in [5, 5.41) is 10.2. The minimum absolute atomic E-state index is 0.0341. The quantitative estimate of drug-likeness (QED) is 0.344. The number of benzene rings is 3. The number of para-hydroxylation sites is 1. The van der Waals surface area contributed by atoms with Crippen molar-refractivity contribution in [2.24, 2.45) is 0 Å². The maximum absolute atomic E-state index is 13.2. The minimum Gasteiger partial charge on any atom is -0.497 e. The van der Waals surface area contributed by atoms with Crippen LogP contribution in [0.2, 0.25) is 0 Å². The predicted molar refractivity (Wildman–Crippen MR) is 148 cm³/mol. The Morgan fingerprint density at radius 1 is 0.921 bits per heavy atom. The van der Waals surface area contributed by atoms with Gasteiger partial charge in [-0.05, 0) is 42.3 Å². The number of piperazine rings is 1. The Morgan fingerprint density at radius 2 is 1.68 bits per heavy atom. The normalized spacial score (nSPS) is 15.8. The van der Waals surface area contributed by atoms with Gasteiger partial charge < -0.3 is 14.5 Å². The van der Waals surface area contributed by atoms with Crippen molar-refractivity contribution in [2.75, 3.05) is 31.6 Å². The third-order valence-corrected chi connectivity index (χ3v) is 7.25. The van der Waals surface area contributed by atoms with Crippen molar-refractivity contribution >= 4 is 28.4 Å². The first-order valence-corrected chi connectivity index (χ1v) is 12.9. The minimum atomic E-state index is 0.0341. The summed E-state index contributed by atoms with van der Waals surface area (Å²) in [6.07, 6.45) is 1.03. The SMILES string of the molecule is COc1ccc(CC(=O)N2CCN(c3nc4ccccc4c4nnc(Cc5ccccc5)n34)C[C@@H]2C)cc1. The topological polar surface area (TPSA) is 75.9 Å². The number of amides is 1. The van der Waals surface area contributed by atoms with E-state index >= 15 is 0 Å². The van der Waals surface area contributed by atoms with Gasteiger partial charge in [0, 0.05) is 37.5 Å². The zero-order chi connectivity index (χ0) is 26.1. The molecule has 0 radical (unpaired) electrons. The molecule has 0 aliphatic carbocycles. The molecule has 8 heteroatoms. The number of carbonyl (C=O) groups excluding carboxylic acids is 1. The summed E-state index contributed by atoms with van der Waals surface area (Å²) >= 11 is 0. The van der Waals surface area contributed by atoms with E-state index < -0.39 is 0 Å². The average Bonchev–Trinajstić information content (AvgIpc) is 3.37. The van der Waals surface area contributed by atoms with E-state index in [9.17, 15) is 4.79 Å². The smallest absolute Gasteiger partial charge is 0.227 e. The number of methoxy groups -OCH3 is 1. The lowest BCUT2D eigenvalue weighted by atomic mass is 10.1. The third kappa shape index (κ3) is 4.53. The van der Waals surface area contributed by atoms with Gasteiger partial charge in [-0.3, -0.25) is 4.79 Å². The molecule has 6 rings (SSSR count). The van der Waals surface area contributed by atoms with E-state index in [2.05, 4.69) is 38.6 Å². The number of hydrogen-bond donors (Lipinski definition) is 0. The lowest BCUT2D eigenvalue weighted by Crippen LogP contribution is -2.55. The first-order valence-electron chi connectivity index (χ1n) is 12.9. The highest BCUT2D eigenvalue weighted by atomic mass is 16.5. The van der Waals surface area contributed by atoms with Crippen LogP contribution >= 0.6 is 0 Å². The third-order valence-electron chi connectivity index (χ3n) is 7.25. The fourth-order valence-corrected chi connectivity index (χ4v) is 5.25. The Bertz CT molecular complexity index is 1580. The van der Waals surface area contributed by atoms with Crippen molar-refractivity contribution in [3.8, 4) is 5.75 Å². The zero-order valence-corrected chi connectivity index (χ0v) is 21.6. The maximum Gasteiger partial charge on any atom is 0.227 e. The number of aromatic nitrogens is 4. The van der Waals surface area contributed by atoms with Crippen LogP contribution in [0.15, 0.2) is 78.9 Å². The molecule has 3 heterocycles. The largest absolute Gasteiger partial charge is 0.497 e. The van der Waals surface area contributed by atoms with Crippen LogP contribution in [0.3, 0.4) is 0 Å². The van der Waals surface area contributed by atoms with Crippen molar-refractivity contribution in [3.05, 3.63) is 95.8 Å². The van der Waals surface area contributed by atoms with E-state index in [1.165, 1.54) is 5.56 Å². The molecule has 3 aromatic carbocycles.